The molecule has 22 heavy (non-hydrogen) atoms. The van der Waals surface area contributed by atoms with Crippen LogP contribution in [-0.4, -0.2) is 22.2 Å². The summed E-state index contributed by atoms with van der Waals surface area (Å²) in [6.45, 7) is 0. The van der Waals surface area contributed by atoms with Gasteiger partial charge in [0.25, 0.3) is 0 Å². The Labute approximate surface area is 134 Å². The zero-order valence-electron chi connectivity index (χ0n) is 13.8. The van der Waals surface area contributed by atoms with E-state index in [0.717, 1.165) is 57.8 Å². The number of unbranched alkanes of at least 4 members (excludes halogenated alkanes) is 10. The largest absolute Gasteiger partial charge is 0.481 e. The molecule has 0 rings (SSSR count). The molecule has 0 aromatic carbocycles. The molecule has 0 aliphatic carbocycles. The first-order chi connectivity index (χ1) is 10.6. The minimum absolute atomic E-state index is 0.298. The number of rotatable bonds is 16. The zero-order chi connectivity index (χ0) is 16.5. The maximum absolute atomic E-state index is 10.3. The second kappa shape index (κ2) is 16.1. The van der Waals surface area contributed by atoms with Gasteiger partial charge in [0.15, 0.2) is 0 Å². The number of hydrogen-bond donors (Lipinski definition) is 2. The molecule has 0 atom stereocenters. The molecule has 0 bridgehead atoms. The first-order valence-corrected chi connectivity index (χ1v) is 8.71. The lowest BCUT2D eigenvalue weighted by molar-refractivity contribution is -0.138. The SMILES string of the molecule is O=C(O)CCCCCCC=CCCCCCCCCC(=O)O. The summed E-state index contributed by atoms with van der Waals surface area (Å²) in [6.07, 6.45) is 18.0. The summed E-state index contributed by atoms with van der Waals surface area (Å²) in [5.74, 6) is -1.38. The summed E-state index contributed by atoms with van der Waals surface area (Å²) in [7, 11) is 0. The van der Waals surface area contributed by atoms with Crippen molar-refractivity contribution in [1.82, 2.24) is 0 Å². The van der Waals surface area contributed by atoms with E-state index in [1.807, 2.05) is 0 Å². The highest BCUT2D eigenvalue weighted by Gasteiger charge is 1.96. The Kier molecular flexibility index (Phi) is 15.1. The second-order valence-corrected chi connectivity index (χ2v) is 5.87. The highest BCUT2D eigenvalue weighted by Crippen LogP contribution is 2.10. The topological polar surface area (TPSA) is 74.6 Å². The molecule has 4 heteroatoms. The zero-order valence-corrected chi connectivity index (χ0v) is 13.8. The standard InChI is InChI=1S/C18H32O4/c19-17(20)15-13-11-9-7-5-3-1-2-4-6-8-10-12-14-16-18(21)22/h1,3H,2,4-16H2,(H,19,20)(H,21,22). The first kappa shape index (κ1) is 20.7. The van der Waals surface area contributed by atoms with Crippen LogP contribution in [0.5, 0.6) is 0 Å². The van der Waals surface area contributed by atoms with Gasteiger partial charge in [-0.15, -0.1) is 0 Å². The lowest BCUT2D eigenvalue weighted by Gasteiger charge is -1.99. The number of carboxylic acid groups (broad SMARTS) is 2. The van der Waals surface area contributed by atoms with Crippen LogP contribution >= 0.6 is 0 Å². The van der Waals surface area contributed by atoms with E-state index in [4.69, 9.17) is 10.2 Å². The van der Waals surface area contributed by atoms with Crippen molar-refractivity contribution in [2.75, 3.05) is 0 Å². The summed E-state index contributed by atoms with van der Waals surface area (Å²) in [6, 6.07) is 0. The number of allylic oxidation sites excluding steroid dienone is 2. The molecule has 0 spiro atoms. The van der Waals surface area contributed by atoms with E-state index in [1.54, 1.807) is 0 Å². The van der Waals surface area contributed by atoms with E-state index >= 15 is 0 Å². The van der Waals surface area contributed by atoms with E-state index < -0.39 is 11.9 Å². The predicted octanol–water partition coefficient (Wildman–Crippen LogP) is 5.17. The molecule has 0 amide bonds. The van der Waals surface area contributed by atoms with Gasteiger partial charge in [-0.3, -0.25) is 9.59 Å². The van der Waals surface area contributed by atoms with E-state index in [9.17, 15) is 9.59 Å². The number of carbonyl (C=O) groups is 2. The van der Waals surface area contributed by atoms with Crippen LogP contribution in [0.1, 0.15) is 89.9 Å². The summed E-state index contributed by atoms with van der Waals surface area (Å²) in [5.41, 5.74) is 0. The molecule has 0 aromatic heterocycles. The van der Waals surface area contributed by atoms with E-state index in [1.165, 1.54) is 19.3 Å². The molecule has 128 valence electrons. The van der Waals surface area contributed by atoms with Gasteiger partial charge in [0, 0.05) is 12.8 Å². The van der Waals surface area contributed by atoms with Crippen LogP contribution in [0, 0.1) is 0 Å². The third-order valence-corrected chi connectivity index (χ3v) is 3.69. The third kappa shape index (κ3) is 18.7. The molecule has 0 heterocycles. The van der Waals surface area contributed by atoms with Crippen molar-refractivity contribution in [2.24, 2.45) is 0 Å². The maximum atomic E-state index is 10.3. The molecule has 0 aromatic rings. The Bertz CT molecular complexity index is 310. The van der Waals surface area contributed by atoms with Crippen molar-refractivity contribution in [3.63, 3.8) is 0 Å². The Morgan fingerprint density at radius 3 is 1.23 bits per heavy atom. The fraction of sp³-hybridized carbons (Fsp3) is 0.778. The normalized spacial score (nSPS) is 11.1. The second-order valence-electron chi connectivity index (χ2n) is 5.87. The van der Waals surface area contributed by atoms with Gasteiger partial charge in [-0.05, 0) is 38.5 Å². The Morgan fingerprint density at radius 1 is 0.545 bits per heavy atom. The smallest absolute Gasteiger partial charge is 0.303 e. The molecule has 0 aliphatic heterocycles. The summed E-state index contributed by atoms with van der Waals surface area (Å²) >= 11 is 0. The van der Waals surface area contributed by atoms with Crippen molar-refractivity contribution in [1.29, 1.82) is 0 Å². The first-order valence-electron chi connectivity index (χ1n) is 8.71. The van der Waals surface area contributed by atoms with Gasteiger partial charge in [-0.2, -0.15) is 0 Å². The Balaban J connectivity index is 3.11. The van der Waals surface area contributed by atoms with Gasteiger partial charge in [-0.1, -0.05) is 50.7 Å². The van der Waals surface area contributed by atoms with Gasteiger partial charge < -0.3 is 10.2 Å². The summed E-state index contributed by atoms with van der Waals surface area (Å²) in [4.78, 5) is 20.7. The molecule has 4 nitrogen and oxygen atoms in total. The van der Waals surface area contributed by atoms with Gasteiger partial charge in [0.05, 0.1) is 0 Å². The lowest BCUT2D eigenvalue weighted by Crippen LogP contribution is -1.93. The van der Waals surface area contributed by atoms with E-state index in [-0.39, 0.29) is 0 Å². The molecule has 0 saturated heterocycles. The average Bonchev–Trinajstić information content (AvgIpc) is 2.46. The molecular formula is C18H32O4. The molecule has 0 aliphatic rings. The van der Waals surface area contributed by atoms with E-state index in [2.05, 4.69) is 12.2 Å². The number of carboxylic acids is 2. The van der Waals surface area contributed by atoms with Crippen LogP contribution in [0.3, 0.4) is 0 Å². The third-order valence-electron chi connectivity index (χ3n) is 3.69. The fourth-order valence-corrected chi connectivity index (χ4v) is 2.37. The maximum Gasteiger partial charge on any atom is 0.303 e. The minimum atomic E-state index is -0.693. The molecule has 0 unspecified atom stereocenters. The predicted molar refractivity (Wildman–Crippen MR) is 89.0 cm³/mol. The van der Waals surface area contributed by atoms with Crippen LogP contribution in [0.15, 0.2) is 12.2 Å². The highest BCUT2D eigenvalue weighted by atomic mass is 16.4. The van der Waals surface area contributed by atoms with Crippen molar-refractivity contribution in [3.8, 4) is 0 Å². The monoisotopic (exact) mass is 312 g/mol. The van der Waals surface area contributed by atoms with Crippen LogP contribution < -0.4 is 0 Å². The molecule has 0 saturated carbocycles. The fourth-order valence-electron chi connectivity index (χ4n) is 2.37. The van der Waals surface area contributed by atoms with Gasteiger partial charge in [0.2, 0.25) is 0 Å². The van der Waals surface area contributed by atoms with Gasteiger partial charge >= 0.3 is 11.9 Å². The highest BCUT2D eigenvalue weighted by molar-refractivity contribution is 5.66. The van der Waals surface area contributed by atoms with Crippen LogP contribution in [-0.2, 0) is 9.59 Å². The Morgan fingerprint density at radius 2 is 0.864 bits per heavy atom. The molecule has 0 radical (unpaired) electrons. The van der Waals surface area contributed by atoms with Crippen LogP contribution in [0.2, 0.25) is 0 Å². The van der Waals surface area contributed by atoms with Crippen molar-refractivity contribution in [3.05, 3.63) is 12.2 Å². The number of hydrogen-bond acceptors (Lipinski definition) is 2. The average molecular weight is 312 g/mol. The molecule has 0 fully saturated rings. The summed E-state index contributed by atoms with van der Waals surface area (Å²) < 4.78 is 0. The van der Waals surface area contributed by atoms with Crippen LogP contribution in [0.25, 0.3) is 0 Å². The van der Waals surface area contributed by atoms with Crippen molar-refractivity contribution >= 4 is 11.9 Å². The minimum Gasteiger partial charge on any atom is -0.481 e. The van der Waals surface area contributed by atoms with Crippen molar-refractivity contribution < 1.29 is 19.8 Å². The Hall–Kier alpha value is -1.32. The molecular weight excluding hydrogens is 280 g/mol. The quantitative estimate of drug-likeness (QED) is 0.304. The lowest BCUT2D eigenvalue weighted by atomic mass is 10.1. The van der Waals surface area contributed by atoms with Crippen molar-refractivity contribution in [2.45, 2.75) is 89.9 Å². The summed E-state index contributed by atoms with van der Waals surface area (Å²) in [5, 5.41) is 17.0. The van der Waals surface area contributed by atoms with Gasteiger partial charge in [0.1, 0.15) is 0 Å². The van der Waals surface area contributed by atoms with E-state index in [0.29, 0.717) is 12.8 Å². The molecule has 2 N–H and O–H groups in total. The van der Waals surface area contributed by atoms with Crippen LogP contribution in [0.4, 0.5) is 0 Å². The van der Waals surface area contributed by atoms with Gasteiger partial charge in [-0.25, -0.2) is 0 Å². The number of aliphatic carboxylic acids is 2.